The molecular formula is C49H45BN2O2S2. The van der Waals surface area contributed by atoms with E-state index in [0.717, 1.165) is 58.3 Å². The van der Waals surface area contributed by atoms with Crippen LogP contribution in [0.3, 0.4) is 0 Å². The average molecular weight is 769 g/mol. The van der Waals surface area contributed by atoms with Crippen LogP contribution in [-0.2, 0) is 12.8 Å². The fourth-order valence-electron chi connectivity index (χ4n) is 9.64. The van der Waals surface area contributed by atoms with Gasteiger partial charge in [-0.25, -0.2) is 0 Å². The molecule has 0 amide bonds. The number of unbranched alkanes of at least 4 members (excludes halogenated alkanes) is 6. The summed E-state index contributed by atoms with van der Waals surface area (Å²) < 4.78 is 19.5. The predicted octanol–water partition coefficient (Wildman–Crippen LogP) is 13.5. The maximum Gasteiger partial charge on any atom is 0.780 e. The number of aromatic nitrogens is 1. The summed E-state index contributed by atoms with van der Waals surface area (Å²) >= 11 is 3.89. The van der Waals surface area contributed by atoms with Crippen LogP contribution in [0.4, 0.5) is 0 Å². The van der Waals surface area contributed by atoms with Crippen molar-refractivity contribution in [1.82, 2.24) is 4.48 Å². The normalized spacial score (nSPS) is 16.8. The van der Waals surface area contributed by atoms with E-state index in [9.17, 15) is 0 Å². The molecule has 4 aromatic carbocycles. The summed E-state index contributed by atoms with van der Waals surface area (Å²) in [6, 6.07) is 40.5. The van der Waals surface area contributed by atoms with Crippen molar-refractivity contribution in [3.8, 4) is 43.6 Å². The van der Waals surface area contributed by atoms with Crippen LogP contribution in [0.1, 0.15) is 97.4 Å². The van der Waals surface area contributed by atoms with Gasteiger partial charge >= 0.3 is 6.82 Å². The van der Waals surface area contributed by atoms with E-state index in [2.05, 4.69) is 138 Å². The molecule has 7 heterocycles. The Balaban J connectivity index is 1.08. The Hall–Kier alpha value is -5.11. The van der Waals surface area contributed by atoms with Gasteiger partial charge in [0.1, 0.15) is 0 Å². The molecule has 4 nitrogen and oxygen atoms in total. The summed E-state index contributed by atoms with van der Waals surface area (Å²) in [6.07, 6.45) is 15.0. The summed E-state index contributed by atoms with van der Waals surface area (Å²) in [4.78, 5) is 5.60. The van der Waals surface area contributed by atoms with Crippen molar-refractivity contribution in [3.63, 3.8) is 0 Å². The summed E-state index contributed by atoms with van der Waals surface area (Å²) in [6.45, 7) is 2.29. The molecule has 1 unspecified atom stereocenters. The van der Waals surface area contributed by atoms with Crippen molar-refractivity contribution in [3.05, 3.63) is 141 Å². The van der Waals surface area contributed by atoms with Crippen molar-refractivity contribution in [2.24, 2.45) is 0 Å². The molecule has 0 fully saturated rings. The van der Waals surface area contributed by atoms with E-state index in [-0.39, 0.29) is 0 Å². The fraction of sp³-hybridized carbons (Fsp3) is 0.245. The molecule has 56 heavy (non-hydrogen) atoms. The SMILES string of the molecule is CCCCCCc1ccc(-c2ccc3c(c2)C2=[N+]4C3=Cc3c5ccc(-c6ccc(CCCCCC)s6)cc5c5n3[B-]4(Oc3ccccc32)Oc2ccccc2-5)s1. The highest BCUT2D eigenvalue weighted by molar-refractivity contribution is 7.15. The van der Waals surface area contributed by atoms with Crippen molar-refractivity contribution in [1.29, 1.82) is 0 Å². The van der Waals surface area contributed by atoms with Crippen LogP contribution in [0, 0.1) is 0 Å². The van der Waals surface area contributed by atoms with Crippen LogP contribution in [0.15, 0.2) is 109 Å². The molecule has 4 aliphatic heterocycles. The van der Waals surface area contributed by atoms with Gasteiger partial charge in [-0.3, -0.25) is 0 Å². The topological polar surface area (TPSA) is 26.4 Å². The summed E-state index contributed by atoms with van der Waals surface area (Å²) in [7, 11) is 0. The first-order valence-corrected chi connectivity index (χ1v) is 22.4. The molecule has 7 heteroatoms. The van der Waals surface area contributed by atoms with Crippen LogP contribution in [-0.4, -0.2) is 21.5 Å². The molecule has 1 spiro atoms. The van der Waals surface area contributed by atoms with Gasteiger partial charge in [-0.2, -0.15) is 0 Å². The van der Waals surface area contributed by atoms with Gasteiger partial charge in [-0.15, -0.1) is 22.7 Å². The Morgan fingerprint density at radius 2 is 1.20 bits per heavy atom. The highest BCUT2D eigenvalue weighted by atomic mass is 32.1. The van der Waals surface area contributed by atoms with Crippen molar-refractivity contribution >= 4 is 57.8 Å². The molecule has 4 aliphatic rings. The van der Waals surface area contributed by atoms with Gasteiger partial charge in [-0.1, -0.05) is 94.8 Å². The molecule has 278 valence electrons. The summed E-state index contributed by atoms with van der Waals surface area (Å²) in [5, 5.41) is 2.45. The lowest BCUT2D eigenvalue weighted by atomic mass is 9.77. The lowest BCUT2D eigenvalue weighted by Crippen LogP contribution is -2.69. The monoisotopic (exact) mass is 768 g/mol. The zero-order valence-electron chi connectivity index (χ0n) is 32.1. The first-order valence-electron chi connectivity index (χ1n) is 20.8. The number of hydrogen-bond donors (Lipinski definition) is 0. The smallest absolute Gasteiger partial charge is 0.601 e. The Labute approximate surface area is 337 Å². The van der Waals surface area contributed by atoms with Crippen LogP contribution < -0.4 is 9.31 Å². The molecule has 1 atom stereocenters. The average Bonchev–Trinajstić information content (AvgIpc) is 4.04. The summed E-state index contributed by atoms with van der Waals surface area (Å²) in [5.41, 5.74) is 11.7. The number of hydrogen-bond acceptors (Lipinski definition) is 4. The first kappa shape index (κ1) is 34.2. The van der Waals surface area contributed by atoms with Crippen molar-refractivity contribution < 1.29 is 13.8 Å². The van der Waals surface area contributed by atoms with E-state index < -0.39 is 6.82 Å². The number of fused-ring (bicyclic) bond motifs is 10. The van der Waals surface area contributed by atoms with E-state index >= 15 is 0 Å². The quantitative estimate of drug-likeness (QED) is 0.0914. The molecule has 0 aliphatic carbocycles. The van der Waals surface area contributed by atoms with Crippen LogP contribution in [0.2, 0.25) is 0 Å². The third kappa shape index (κ3) is 5.20. The second-order valence-corrected chi connectivity index (χ2v) is 18.2. The van der Waals surface area contributed by atoms with Crippen LogP contribution >= 0.6 is 22.7 Å². The third-order valence-corrected chi connectivity index (χ3v) is 14.7. The molecule has 11 rings (SSSR count). The molecule has 0 saturated heterocycles. The van der Waals surface area contributed by atoms with Crippen LogP contribution in [0.5, 0.6) is 11.5 Å². The Bertz CT molecular complexity index is 2770. The van der Waals surface area contributed by atoms with Crippen LogP contribution in [0.25, 0.3) is 54.7 Å². The molecular weight excluding hydrogens is 723 g/mol. The van der Waals surface area contributed by atoms with E-state index in [0.29, 0.717) is 0 Å². The first-order chi connectivity index (χ1) is 27.6. The van der Waals surface area contributed by atoms with E-state index in [1.807, 2.05) is 22.7 Å². The lowest BCUT2D eigenvalue weighted by Gasteiger charge is -2.46. The number of benzene rings is 4. The molecule has 0 bridgehead atoms. The zero-order valence-corrected chi connectivity index (χ0v) is 33.8. The van der Waals surface area contributed by atoms with E-state index in [1.54, 1.807) is 0 Å². The highest BCUT2D eigenvalue weighted by Crippen LogP contribution is 2.53. The minimum atomic E-state index is -2.27. The predicted molar refractivity (Wildman–Crippen MR) is 236 cm³/mol. The minimum absolute atomic E-state index is 0.850. The number of rotatable bonds is 12. The fourth-order valence-corrected chi connectivity index (χ4v) is 11.7. The maximum absolute atomic E-state index is 7.35. The van der Waals surface area contributed by atoms with Gasteiger partial charge in [0, 0.05) is 53.3 Å². The maximum atomic E-state index is 7.35. The Morgan fingerprint density at radius 1 is 0.571 bits per heavy atom. The number of para-hydroxylation sites is 2. The van der Waals surface area contributed by atoms with Gasteiger partial charge < -0.3 is 18.3 Å². The lowest BCUT2D eigenvalue weighted by molar-refractivity contribution is -0.330. The van der Waals surface area contributed by atoms with E-state index in [1.165, 1.54) is 104 Å². The van der Waals surface area contributed by atoms with Crippen molar-refractivity contribution in [2.75, 3.05) is 0 Å². The number of nitrogens with zero attached hydrogens (tertiary/aromatic N) is 2. The third-order valence-electron chi connectivity index (χ3n) is 12.3. The number of thiophene rings is 2. The second-order valence-electron chi connectivity index (χ2n) is 15.9. The van der Waals surface area contributed by atoms with Crippen molar-refractivity contribution in [2.45, 2.75) is 78.1 Å². The number of aryl methyl sites for hydroxylation is 2. The Kier molecular flexibility index (Phi) is 8.26. The van der Waals surface area contributed by atoms with Gasteiger partial charge in [0.15, 0.2) is 11.4 Å². The second kappa shape index (κ2) is 13.5. The highest BCUT2D eigenvalue weighted by Gasteiger charge is 2.64. The van der Waals surface area contributed by atoms with Gasteiger partial charge in [-0.05, 0) is 104 Å². The molecule has 3 aromatic heterocycles. The molecule has 7 aromatic rings. The standard InChI is InChI=1S/C49H45BN2O2S2/c1-3-5-7-9-15-34-23-27-46(55-34)32-21-25-36-40(29-32)48-38-17-11-13-19-44(38)53-50-51(48)42(36)31-43-37-26-22-33(47-28-24-35(56-47)16-10-8-6-4-2)30-41(37)49(52(43)50)39-18-12-14-20-45(39)54-50/h11-14,17-31H,3-10,15-16H2,1-2H3. The van der Waals surface area contributed by atoms with Gasteiger partial charge in [0.2, 0.25) is 0 Å². The van der Waals surface area contributed by atoms with Gasteiger partial charge in [0.25, 0.3) is 0 Å². The molecule has 0 radical (unpaired) electrons. The minimum Gasteiger partial charge on any atom is -0.601 e. The largest absolute Gasteiger partial charge is 0.780 e. The van der Waals surface area contributed by atoms with E-state index in [4.69, 9.17) is 9.31 Å². The molecule has 0 saturated carbocycles. The summed E-state index contributed by atoms with van der Waals surface area (Å²) in [5.74, 6) is 1.70. The van der Waals surface area contributed by atoms with Gasteiger partial charge in [0.05, 0.1) is 28.2 Å². The Morgan fingerprint density at radius 3 is 1.89 bits per heavy atom. The molecule has 0 N–H and O–H groups in total. The zero-order chi connectivity index (χ0) is 37.4.